The number of H-pyrrole nitrogens is 1. The minimum Gasteiger partial charge on any atom is -0.497 e. The van der Waals surface area contributed by atoms with E-state index in [0.29, 0.717) is 5.56 Å². The molecule has 0 bridgehead atoms. The smallest absolute Gasteiger partial charge is 0.256 e. The molecule has 0 saturated heterocycles. The fourth-order valence-electron chi connectivity index (χ4n) is 1.94. The predicted molar refractivity (Wildman–Crippen MR) is 74.4 cm³/mol. The van der Waals surface area contributed by atoms with Gasteiger partial charge in [-0.25, -0.2) is 0 Å². The Labute approximate surface area is 108 Å². The van der Waals surface area contributed by atoms with Crippen LogP contribution < -0.4 is 10.3 Å². The maximum Gasteiger partial charge on any atom is 0.256 e. The second kappa shape index (κ2) is 4.31. The molecule has 0 aliphatic carbocycles. The summed E-state index contributed by atoms with van der Waals surface area (Å²) >= 11 is 1.58. The number of ether oxygens (including phenoxy) is 1. The number of fused-ring (bicyclic) bond motifs is 1. The van der Waals surface area contributed by atoms with E-state index >= 15 is 0 Å². The molecule has 0 unspecified atom stereocenters. The number of benzene rings is 1. The second-order valence-electron chi connectivity index (χ2n) is 3.98. The summed E-state index contributed by atoms with van der Waals surface area (Å²) in [7, 11) is 1.61. The Bertz CT molecular complexity index is 744. The molecule has 3 nitrogen and oxygen atoms in total. The third-order valence-corrected chi connectivity index (χ3v) is 3.57. The minimum absolute atomic E-state index is 0.0749. The predicted octanol–water partition coefficient (Wildman–Crippen LogP) is 3.27. The van der Waals surface area contributed by atoms with E-state index in [-0.39, 0.29) is 5.56 Å². The summed E-state index contributed by atoms with van der Waals surface area (Å²) in [4.78, 5) is 14.9. The van der Waals surface area contributed by atoms with Gasteiger partial charge in [0.15, 0.2) is 0 Å². The van der Waals surface area contributed by atoms with E-state index in [1.54, 1.807) is 18.4 Å². The molecule has 3 aromatic rings. The average molecular weight is 257 g/mol. The third kappa shape index (κ3) is 1.80. The van der Waals surface area contributed by atoms with Crippen molar-refractivity contribution in [1.29, 1.82) is 0 Å². The van der Waals surface area contributed by atoms with Crippen molar-refractivity contribution in [2.45, 2.75) is 0 Å². The van der Waals surface area contributed by atoms with Gasteiger partial charge in [-0.3, -0.25) is 4.79 Å². The van der Waals surface area contributed by atoms with Gasteiger partial charge in [0.25, 0.3) is 5.56 Å². The van der Waals surface area contributed by atoms with Crippen molar-refractivity contribution in [3.8, 4) is 16.9 Å². The summed E-state index contributed by atoms with van der Waals surface area (Å²) < 4.78 is 5.14. The molecule has 0 saturated carbocycles. The molecule has 2 aromatic heterocycles. The van der Waals surface area contributed by atoms with Crippen LogP contribution in [0.2, 0.25) is 0 Å². The lowest BCUT2D eigenvalue weighted by atomic mass is 10.1. The molecule has 3 rings (SSSR count). The van der Waals surface area contributed by atoms with Gasteiger partial charge in [0, 0.05) is 11.6 Å². The van der Waals surface area contributed by atoms with Crippen molar-refractivity contribution in [1.82, 2.24) is 4.98 Å². The van der Waals surface area contributed by atoms with Crippen LogP contribution in [0.5, 0.6) is 5.75 Å². The second-order valence-corrected chi connectivity index (χ2v) is 4.76. The fourth-order valence-corrected chi connectivity index (χ4v) is 2.60. The summed E-state index contributed by atoms with van der Waals surface area (Å²) in [5, 5.41) is 4.93. The van der Waals surface area contributed by atoms with Crippen molar-refractivity contribution >= 4 is 22.2 Å². The van der Waals surface area contributed by atoms with Crippen LogP contribution in [-0.2, 0) is 0 Å². The maximum atomic E-state index is 12.0. The van der Waals surface area contributed by atoms with Gasteiger partial charge < -0.3 is 9.72 Å². The number of nitrogens with one attached hydrogen (secondary N) is 1. The lowest BCUT2D eigenvalue weighted by molar-refractivity contribution is 0.415. The van der Waals surface area contributed by atoms with E-state index in [0.717, 1.165) is 22.2 Å². The van der Waals surface area contributed by atoms with Crippen molar-refractivity contribution < 1.29 is 4.74 Å². The van der Waals surface area contributed by atoms with Crippen LogP contribution in [0.15, 0.2) is 45.9 Å². The molecule has 0 spiro atoms. The molecule has 0 aliphatic heterocycles. The van der Waals surface area contributed by atoms with E-state index in [9.17, 15) is 4.79 Å². The first-order chi connectivity index (χ1) is 8.78. The summed E-state index contributed by atoms with van der Waals surface area (Å²) in [5.41, 5.74) is 2.38. The number of hydrogen-bond donors (Lipinski definition) is 1. The molecule has 0 amide bonds. The Morgan fingerprint density at radius 1 is 1.22 bits per heavy atom. The first-order valence-corrected chi connectivity index (χ1v) is 6.46. The molecule has 0 aliphatic rings. The molecule has 1 aromatic carbocycles. The van der Waals surface area contributed by atoms with Crippen molar-refractivity contribution in [2.75, 3.05) is 7.11 Å². The minimum atomic E-state index is -0.0749. The van der Waals surface area contributed by atoms with E-state index in [2.05, 4.69) is 4.98 Å². The Balaban J connectivity index is 2.25. The van der Waals surface area contributed by atoms with Crippen LogP contribution in [0.25, 0.3) is 22.0 Å². The van der Waals surface area contributed by atoms with E-state index in [4.69, 9.17) is 4.74 Å². The normalized spacial score (nSPS) is 10.7. The highest BCUT2D eigenvalue weighted by atomic mass is 32.1. The first-order valence-electron chi connectivity index (χ1n) is 5.51. The van der Waals surface area contributed by atoms with E-state index in [1.807, 2.05) is 41.1 Å². The summed E-state index contributed by atoms with van der Waals surface area (Å²) in [6.45, 7) is 0. The first kappa shape index (κ1) is 11.0. The highest BCUT2D eigenvalue weighted by Gasteiger charge is 2.06. The molecule has 90 valence electrons. The van der Waals surface area contributed by atoms with Gasteiger partial charge in [-0.1, -0.05) is 0 Å². The third-order valence-electron chi connectivity index (χ3n) is 2.89. The number of methoxy groups -OCH3 is 1. The van der Waals surface area contributed by atoms with Gasteiger partial charge in [-0.05, 0) is 46.0 Å². The quantitative estimate of drug-likeness (QED) is 0.765. The van der Waals surface area contributed by atoms with E-state index < -0.39 is 0 Å². The van der Waals surface area contributed by atoms with E-state index in [1.165, 1.54) is 0 Å². The van der Waals surface area contributed by atoms with Gasteiger partial charge in [-0.15, -0.1) is 0 Å². The standard InChI is InChI=1S/C14H11NO2S/c1-17-11-3-2-9-6-12(10-4-5-18-8-10)14(16)15-13(9)7-11/h2-8H,1H3,(H,15,16). The zero-order valence-electron chi connectivity index (χ0n) is 9.77. The molecule has 1 N–H and O–H groups in total. The molecule has 0 radical (unpaired) electrons. The number of hydrogen-bond acceptors (Lipinski definition) is 3. The number of aromatic nitrogens is 1. The monoisotopic (exact) mass is 257 g/mol. The van der Waals surface area contributed by atoms with Gasteiger partial charge in [0.1, 0.15) is 5.75 Å². The van der Waals surface area contributed by atoms with Crippen LogP contribution in [0, 0.1) is 0 Å². The lowest BCUT2D eigenvalue weighted by Gasteiger charge is -2.04. The Hall–Kier alpha value is -2.07. The zero-order valence-corrected chi connectivity index (χ0v) is 10.6. The van der Waals surface area contributed by atoms with Crippen LogP contribution in [-0.4, -0.2) is 12.1 Å². The summed E-state index contributed by atoms with van der Waals surface area (Å²) in [6.07, 6.45) is 0. The Morgan fingerprint density at radius 3 is 2.83 bits per heavy atom. The summed E-state index contributed by atoms with van der Waals surface area (Å²) in [6, 6.07) is 9.52. The number of aromatic amines is 1. The molecule has 0 fully saturated rings. The SMILES string of the molecule is COc1ccc2cc(-c3ccsc3)c(=O)[nH]c2c1. The number of thiophene rings is 1. The molecule has 4 heteroatoms. The Kier molecular flexibility index (Phi) is 2.64. The molecule has 18 heavy (non-hydrogen) atoms. The number of rotatable bonds is 2. The summed E-state index contributed by atoms with van der Waals surface area (Å²) in [5.74, 6) is 0.737. The van der Waals surface area contributed by atoms with Crippen molar-refractivity contribution in [3.63, 3.8) is 0 Å². The Morgan fingerprint density at radius 2 is 2.11 bits per heavy atom. The van der Waals surface area contributed by atoms with Crippen LogP contribution >= 0.6 is 11.3 Å². The van der Waals surface area contributed by atoms with Gasteiger partial charge in [0.05, 0.1) is 12.6 Å². The zero-order chi connectivity index (χ0) is 12.5. The lowest BCUT2D eigenvalue weighted by Crippen LogP contribution is -2.08. The van der Waals surface area contributed by atoms with Crippen LogP contribution in [0.3, 0.4) is 0 Å². The van der Waals surface area contributed by atoms with Crippen molar-refractivity contribution in [2.24, 2.45) is 0 Å². The largest absolute Gasteiger partial charge is 0.497 e. The van der Waals surface area contributed by atoms with Gasteiger partial charge in [0.2, 0.25) is 0 Å². The molecular formula is C14H11NO2S. The number of pyridine rings is 1. The molecular weight excluding hydrogens is 246 g/mol. The highest BCUT2D eigenvalue weighted by Crippen LogP contribution is 2.23. The molecule has 2 heterocycles. The topological polar surface area (TPSA) is 42.1 Å². The van der Waals surface area contributed by atoms with Crippen molar-refractivity contribution in [3.05, 3.63) is 51.4 Å². The van der Waals surface area contributed by atoms with Crippen LogP contribution in [0.1, 0.15) is 0 Å². The maximum absolute atomic E-state index is 12.0. The molecule has 0 atom stereocenters. The van der Waals surface area contributed by atoms with Gasteiger partial charge in [-0.2, -0.15) is 11.3 Å². The average Bonchev–Trinajstić information content (AvgIpc) is 2.91. The van der Waals surface area contributed by atoms with Crippen LogP contribution in [0.4, 0.5) is 0 Å². The van der Waals surface area contributed by atoms with Gasteiger partial charge >= 0.3 is 0 Å². The fraction of sp³-hybridized carbons (Fsp3) is 0.0714. The highest BCUT2D eigenvalue weighted by molar-refractivity contribution is 7.08.